The van der Waals surface area contributed by atoms with E-state index in [0.29, 0.717) is 10.0 Å². The van der Waals surface area contributed by atoms with Crippen molar-refractivity contribution in [2.75, 3.05) is 0 Å². The Morgan fingerprint density at radius 2 is 2.17 bits per heavy atom. The van der Waals surface area contributed by atoms with Gasteiger partial charge in [0, 0.05) is 11.6 Å². The maximum Gasteiger partial charge on any atom is 0.284 e. The molecule has 0 bridgehead atoms. The van der Waals surface area contributed by atoms with Gasteiger partial charge in [-0.15, -0.1) is 0 Å². The molecule has 0 saturated heterocycles. The lowest BCUT2D eigenvalue weighted by Crippen LogP contribution is -2.12. The van der Waals surface area contributed by atoms with E-state index in [0.717, 1.165) is 0 Å². The molecule has 8 nitrogen and oxygen atoms in total. The van der Waals surface area contributed by atoms with E-state index in [-0.39, 0.29) is 17.1 Å². The van der Waals surface area contributed by atoms with Gasteiger partial charge in [0.1, 0.15) is 5.69 Å². The predicted molar refractivity (Wildman–Crippen MR) is 64.7 cm³/mol. The largest absolute Gasteiger partial charge is 0.364 e. The summed E-state index contributed by atoms with van der Waals surface area (Å²) < 4.78 is 0.334. The summed E-state index contributed by atoms with van der Waals surface area (Å²) >= 11 is 3.06. The summed E-state index contributed by atoms with van der Waals surface area (Å²) in [6.07, 6.45) is 0. The molecule has 2 aromatic rings. The van der Waals surface area contributed by atoms with Gasteiger partial charge < -0.3 is 5.73 Å². The molecule has 0 unspecified atom stereocenters. The zero-order valence-corrected chi connectivity index (χ0v) is 10.3. The van der Waals surface area contributed by atoms with Crippen LogP contribution < -0.4 is 5.73 Å². The number of nitrogens with one attached hydrogen (secondary N) is 1. The van der Waals surface area contributed by atoms with Crippen molar-refractivity contribution in [2.45, 2.75) is 0 Å². The summed E-state index contributed by atoms with van der Waals surface area (Å²) in [5.41, 5.74) is 5.48. The van der Waals surface area contributed by atoms with Crippen molar-refractivity contribution in [1.29, 1.82) is 0 Å². The van der Waals surface area contributed by atoms with Crippen LogP contribution in [0.2, 0.25) is 0 Å². The Bertz CT molecular complexity index is 639. The van der Waals surface area contributed by atoms with E-state index in [1.54, 1.807) is 6.07 Å². The van der Waals surface area contributed by atoms with Crippen molar-refractivity contribution in [2.24, 2.45) is 5.73 Å². The number of carbonyl (C=O) groups excluding carboxylic acids is 1. The number of nitro benzene ring substituents is 1. The van der Waals surface area contributed by atoms with Crippen LogP contribution in [0.4, 0.5) is 5.69 Å². The second-order valence-corrected chi connectivity index (χ2v) is 4.16. The van der Waals surface area contributed by atoms with Crippen LogP contribution in [0, 0.1) is 10.1 Å². The van der Waals surface area contributed by atoms with Crippen molar-refractivity contribution in [3.05, 3.63) is 38.5 Å². The molecule has 0 spiro atoms. The molecule has 0 aliphatic heterocycles. The van der Waals surface area contributed by atoms with E-state index < -0.39 is 10.8 Å². The monoisotopic (exact) mass is 311 g/mol. The number of benzene rings is 1. The first-order valence-corrected chi connectivity index (χ1v) is 5.45. The van der Waals surface area contributed by atoms with Crippen LogP contribution in [0.1, 0.15) is 10.5 Å². The van der Waals surface area contributed by atoms with Gasteiger partial charge in [0.25, 0.3) is 11.6 Å². The number of rotatable bonds is 3. The molecule has 1 heterocycles. The number of carbonyl (C=O) groups is 1. The third-order valence-electron chi connectivity index (χ3n) is 2.20. The fraction of sp³-hybridized carbons (Fsp3) is 0. The van der Waals surface area contributed by atoms with Gasteiger partial charge in [-0.3, -0.25) is 14.9 Å². The minimum atomic E-state index is -0.760. The summed E-state index contributed by atoms with van der Waals surface area (Å²) in [6.45, 7) is 0. The molecule has 0 saturated carbocycles. The maximum absolute atomic E-state index is 11.1. The summed E-state index contributed by atoms with van der Waals surface area (Å²) in [4.78, 5) is 21.4. The van der Waals surface area contributed by atoms with Crippen LogP contribution in [-0.4, -0.2) is 26.2 Å². The Balaban J connectivity index is 2.58. The number of nitrogens with zero attached hydrogens (tertiary/aromatic N) is 3. The zero-order chi connectivity index (χ0) is 13.3. The predicted octanol–water partition coefficient (Wildman–Crippen LogP) is 1.24. The van der Waals surface area contributed by atoms with Crippen LogP contribution in [0.25, 0.3) is 11.3 Å². The fourth-order valence-corrected chi connectivity index (χ4v) is 1.80. The lowest BCUT2D eigenvalue weighted by molar-refractivity contribution is -0.385. The molecule has 18 heavy (non-hydrogen) atoms. The highest BCUT2D eigenvalue weighted by molar-refractivity contribution is 9.10. The van der Waals surface area contributed by atoms with Gasteiger partial charge in [-0.25, -0.2) is 0 Å². The maximum atomic E-state index is 11.1. The van der Waals surface area contributed by atoms with Crippen LogP contribution >= 0.6 is 15.9 Å². The van der Waals surface area contributed by atoms with Gasteiger partial charge in [0.2, 0.25) is 0 Å². The van der Waals surface area contributed by atoms with E-state index in [1.165, 1.54) is 12.1 Å². The molecule has 0 radical (unpaired) electrons. The van der Waals surface area contributed by atoms with Crippen LogP contribution in [0.5, 0.6) is 0 Å². The van der Waals surface area contributed by atoms with Gasteiger partial charge >= 0.3 is 0 Å². The number of amides is 1. The van der Waals surface area contributed by atoms with Crippen molar-refractivity contribution >= 4 is 27.5 Å². The Morgan fingerprint density at radius 3 is 2.78 bits per heavy atom. The molecule has 3 N–H and O–H groups in total. The Labute approximate surface area is 108 Å². The number of primary amides is 1. The number of aromatic nitrogens is 3. The Morgan fingerprint density at radius 1 is 1.44 bits per heavy atom. The number of halogens is 1. The van der Waals surface area contributed by atoms with Crippen LogP contribution in [0.3, 0.4) is 0 Å². The number of hydrogen-bond acceptors (Lipinski definition) is 5. The van der Waals surface area contributed by atoms with E-state index in [1.807, 2.05) is 0 Å². The third-order valence-corrected chi connectivity index (χ3v) is 2.87. The Kier molecular flexibility index (Phi) is 3.06. The first-order valence-electron chi connectivity index (χ1n) is 4.65. The highest BCUT2D eigenvalue weighted by Crippen LogP contribution is 2.30. The normalized spacial score (nSPS) is 10.3. The summed E-state index contributed by atoms with van der Waals surface area (Å²) in [5, 5.41) is 20.4. The van der Waals surface area contributed by atoms with Crippen LogP contribution in [0.15, 0.2) is 22.7 Å². The van der Waals surface area contributed by atoms with Gasteiger partial charge in [0.15, 0.2) is 5.69 Å². The lowest BCUT2D eigenvalue weighted by Gasteiger charge is -2.00. The topological polar surface area (TPSA) is 128 Å². The van der Waals surface area contributed by atoms with Crippen molar-refractivity contribution in [3.63, 3.8) is 0 Å². The lowest BCUT2D eigenvalue weighted by atomic mass is 10.1. The summed E-state index contributed by atoms with van der Waals surface area (Å²) in [7, 11) is 0. The first-order chi connectivity index (χ1) is 8.50. The highest BCUT2D eigenvalue weighted by atomic mass is 79.9. The van der Waals surface area contributed by atoms with Gasteiger partial charge in [-0.05, 0) is 22.0 Å². The van der Waals surface area contributed by atoms with Gasteiger partial charge in [-0.2, -0.15) is 15.4 Å². The van der Waals surface area contributed by atoms with Crippen molar-refractivity contribution in [3.8, 4) is 11.3 Å². The number of aromatic amines is 1. The second kappa shape index (κ2) is 4.53. The SMILES string of the molecule is NC(=O)c1n[nH]nc1-c1ccc(Br)c([N+](=O)[O-])c1. The number of hydrogen-bond donors (Lipinski definition) is 2. The average molecular weight is 312 g/mol. The average Bonchev–Trinajstić information content (AvgIpc) is 2.78. The number of H-pyrrole nitrogens is 1. The van der Waals surface area contributed by atoms with E-state index in [9.17, 15) is 14.9 Å². The first kappa shape index (κ1) is 12.2. The molecular formula is C9H6BrN5O3. The molecule has 1 aromatic carbocycles. The van der Waals surface area contributed by atoms with E-state index in [2.05, 4.69) is 31.3 Å². The minimum absolute atomic E-state index is 0.0633. The summed E-state index contributed by atoms with van der Waals surface area (Å²) in [6, 6.07) is 4.35. The number of nitro groups is 1. The van der Waals surface area contributed by atoms with Crippen molar-refractivity contribution < 1.29 is 9.72 Å². The molecule has 0 atom stereocenters. The quantitative estimate of drug-likeness (QED) is 0.651. The highest BCUT2D eigenvalue weighted by Gasteiger charge is 2.19. The fourth-order valence-electron chi connectivity index (χ4n) is 1.40. The molecule has 9 heteroatoms. The molecule has 1 amide bonds. The smallest absolute Gasteiger partial charge is 0.284 e. The molecule has 2 rings (SSSR count). The van der Waals surface area contributed by atoms with E-state index >= 15 is 0 Å². The molecule has 92 valence electrons. The minimum Gasteiger partial charge on any atom is -0.364 e. The molecule has 0 fully saturated rings. The molecular weight excluding hydrogens is 306 g/mol. The molecule has 1 aromatic heterocycles. The second-order valence-electron chi connectivity index (χ2n) is 3.31. The summed E-state index contributed by atoms with van der Waals surface area (Å²) in [5.74, 6) is -0.760. The Hall–Kier alpha value is -2.29. The van der Waals surface area contributed by atoms with Gasteiger partial charge in [-0.1, -0.05) is 6.07 Å². The third kappa shape index (κ3) is 2.07. The zero-order valence-electron chi connectivity index (χ0n) is 8.75. The molecule has 0 aliphatic rings. The number of nitrogens with two attached hydrogens (primary N) is 1. The van der Waals surface area contributed by atoms with Crippen LogP contribution in [-0.2, 0) is 0 Å². The van der Waals surface area contributed by atoms with E-state index in [4.69, 9.17) is 5.73 Å². The standard InChI is InChI=1S/C9H6BrN5O3/c10-5-2-1-4(3-6(5)15(17)18)7-8(9(11)16)13-14-12-7/h1-3H,(H2,11,16)(H,12,13,14). The van der Waals surface area contributed by atoms with Gasteiger partial charge in [0.05, 0.1) is 9.40 Å². The van der Waals surface area contributed by atoms with Crippen molar-refractivity contribution in [1.82, 2.24) is 15.4 Å². The molecule has 0 aliphatic carbocycles.